The summed E-state index contributed by atoms with van der Waals surface area (Å²) in [5.41, 5.74) is -0.539. The summed E-state index contributed by atoms with van der Waals surface area (Å²) in [5.74, 6) is 0.338. The van der Waals surface area contributed by atoms with Crippen LogP contribution in [0.2, 0.25) is 5.82 Å². The van der Waals surface area contributed by atoms with Crippen molar-refractivity contribution in [1.82, 2.24) is 0 Å². The van der Waals surface area contributed by atoms with Gasteiger partial charge < -0.3 is 13.9 Å². The van der Waals surface area contributed by atoms with Crippen molar-refractivity contribution in [1.29, 1.82) is 0 Å². The standard InChI is InChI=1S/C14H29BO3S/c1-13(2)14(3,4)18-15(17-13)11-9-7-8-10-12(11)19(5,6)16/h11-12,16H,7-10H2,1-6H3. The van der Waals surface area contributed by atoms with Gasteiger partial charge in [-0.2, -0.15) is 0 Å². The molecule has 0 spiro atoms. The van der Waals surface area contributed by atoms with Gasteiger partial charge in [-0.15, -0.1) is 10.3 Å². The quantitative estimate of drug-likeness (QED) is 0.782. The van der Waals surface area contributed by atoms with E-state index in [0.29, 0.717) is 11.1 Å². The molecule has 0 aromatic heterocycles. The van der Waals surface area contributed by atoms with Gasteiger partial charge in [-0.1, -0.05) is 19.3 Å². The zero-order valence-corrected chi connectivity index (χ0v) is 14.0. The molecule has 112 valence electrons. The Balaban J connectivity index is 2.17. The molecule has 0 amide bonds. The molecular formula is C14H29BO3S. The maximum absolute atomic E-state index is 10.5. The second kappa shape index (κ2) is 4.94. The van der Waals surface area contributed by atoms with Crippen LogP contribution in [0.5, 0.6) is 0 Å². The first-order chi connectivity index (χ1) is 8.55. The van der Waals surface area contributed by atoms with Crippen LogP contribution in [0.25, 0.3) is 0 Å². The molecule has 0 aromatic carbocycles. The van der Waals surface area contributed by atoms with Crippen LogP contribution in [0.1, 0.15) is 53.4 Å². The molecule has 2 atom stereocenters. The van der Waals surface area contributed by atoms with Crippen LogP contribution in [0.4, 0.5) is 0 Å². The van der Waals surface area contributed by atoms with Gasteiger partial charge in [0, 0.05) is 11.1 Å². The Morgan fingerprint density at radius 1 is 1.00 bits per heavy atom. The van der Waals surface area contributed by atoms with E-state index in [0.717, 1.165) is 12.8 Å². The summed E-state index contributed by atoms with van der Waals surface area (Å²) in [6, 6.07) is 0. The van der Waals surface area contributed by atoms with Crippen molar-refractivity contribution in [3.8, 4) is 0 Å². The Morgan fingerprint density at radius 3 is 1.95 bits per heavy atom. The Hall–Kier alpha value is 0.295. The molecule has 2 rings (SSSR count). The predicted molar refractivity (Wildman–Crippen MR) is 84.2 cm³/mol. The van der Waals surface area contributed by atoms with Gasteiger partial charge in [-0.05, 0) is 46.6 Å². The highest BCUT2D eigenvalue weighted by molar-refractivity contribution is 8.28. The molecule has 3 nitrogen and oxygen atoms in total. The molecule has 1 aliphatic heterocycles. The average Bonchev–Trinajstić information content (AvgIpc) is 2.47. The van der Waals surface area contributed by atoms with Crippen molar-refractivity contribution in [2.45, 2.75) is 75.6 Å². The van der Waals surface area contributed by atoms with Gasteiger partial charge in [0.1, 0.15) is 0 Å². The highest BCUT2D eigenvalue weighted by Crippen LogP contribution is 2.55. The molecular weight excluding hydrogens is 259 g/mol. The smallest absolute Gasteiger partial charge is 0.403 e. The lowest BCUT2D eigenvalue weighted by molar-refractivity contribution is 0.00578. The van der Waals surface area contributed by atoms with Gasteiger partial charge >= 0.3 is 7.12 Å². The summed E-state index contributed by atoms with van der Waals surface area (Å²) in [6.45, 7) is 8.40. The summed E-state index contributed by atoms with van der Waals surface area (Å²) in [5, 5.41) is 0.343. The fourth-order valence-electron chi connectivity index (χ4n) is 3.22. The van der Waals surface area contributed by atoms with Crippen molar-refractivity contribution in [2.75, 3.05) is 12.5 Å². The SMILES string of the molecule is CC1(C)OB(C2CCCCC2S(C)(C)O)OC1(C)C. The maximum Gasteiger partial charge on any atom is 0.462 e. The molecule has 2 unspecified atom stereocenters. The number of hydrogen-bond donors (Lipinski definition) is 1. The van der Waals surface area contributed by atoms with E-state index >= 15 is 0 Å². The number of hydrogen-bond acceptors (Lipinski definition) is 3. The maximum atomic E-state index is 10.5. The molecule has 1 heterocycles. The van der Waals surface area contributed by atoms with Crippen molar-refractivity contribution in [3.63, 3.8) is 0 Å². The van der Waals surface area contributed by atoms with E-state index < -0.39 is 10.3 Å². The monoisotopic (exact) mass is 288 g/mol. The third kappa shape index (κ3) is 2.99. The van der Waals surface area contributed by atoms with Crippen LogP contribution in [-0.2, 0) is 9.31 Å². The minimum atomic E-state index is -1.55. The van der Waals surface area contributed by atoms with Gasteiger partial charge in [-0.25, -0.2) is 0 Å². The van der Waals surface area contributed by atoms with Crippen LogP contribution in [0, 0.1) is 0 Å². The Labute approximate surface area is 120 Å². The molecule has 0 bridgehead atoms. The fraction of sp³-hybridized carbons (Fsp3) is 1.00. The highest BCUT2D eigenvalue weighted by Gasteiger charge is 2.56. The van der Waals surface area contributed by atoms with E-state index in [2.05, 4.69) is 27.7 Å². The zero-order chi connectivity index (χ0) is 14.5. The molecule has 1 saturated carbocycles. The minimum absolute atomic E-state index is 0.158. The summed E-state index contributed by atoms with van der Waals surface area (Å²) >= 11 is 0. The van der Waals surface area contributed by atoms with Gasteiger partial charge in [0.2, 0.25) is 0 Å². The van der Waals surface area contributed by atoms with E-state index in [4.69, 9.17) is 9.31 Å². The van der Waals surface area contributed by atoms with Crippen LogP contribution < -0.4 is 0 Å². The first-order valence-corrected chi connectivity index (χ1v) is 9.82. The normalized spacial score (nSPS) is 35.4. The van der Waals surface area contributed by atoms with Gasteiger partial charge in [0.15, 0.2) is 0 Å². The first-order valence-electron chi connectivity index (χ1n) is 7.35. The highest BCUT2D eigenvalue weighted by atomic mass is 32.3. The minimum Gasteiger partial charge on any atom is -0.403 e. The van der Waals surface area contributed by atoms with Gasteiger partial charge in [-0.3, -0.25) is 0 Å². The van der Waals surface area contributed by atoms with E-state index in [9.17, 15) is 4.55 Å². The van der Waals surface area contributed by atoms with E-state index in [-0.39, 0.29) is 18.3 Å². The van der Waals surface area contributed by atoms with Crippen molar-refractivity contribution in [2.24, 2.45) is 0 Å². The second-order valence-electron chi connectivity index (χ2n) is 7.46. The molecule has 0 aromatic rings. The van der Waals surface area contributed by atoms with Crippen LogP contribution >= 0.6 is 10.3 Å². The third-order valence-electron chi connectivity index (χ3n) is 5.12. The van der Waals surface area contributed by atoms with Crippen molar-refractivity contribution in [3.05, 3.63) is 0 Å². The molecule has 5 heteroatoms. The Bertz CT molecular complexity index is 322. The Kier molecular flexibility index (Phi) is 4.07. The van der Waals surface area contributed by atoms with E-state index in [1.54, 1.807) is 0 Å². The molecule has 2 fully saturated rings. The lowest BCUT2D eigenvalue weighted by Crippen LogP contribution is -2.41. The largest absolute Gasteiger partial charge is 0.462 e. The fourth-order valence-corrected chi connectivity index (χ4v) is 5.08. The van der Waals surface area contributed by atoms with E-state index in [1.165, 1.54) is 12.8 Å². The molecule has 1 aliphatic carbocycles. The topological polar surface area (TPSA) is 38.7 Å². The lowest BCUT2D eigenvalue weighted by atomic mass is 9.64. The van der Waals surface area contributed by atoms with Crippen molar-refractivity contribution >= 4 is 17.4 Å². The average molecular weight is 288 g/mol. The molecule has 1 N–H and O–H groups in total. The van der Waals surface area contributed by atoms with Crippen LogP contribution in [0.3, 0.4) is 0 Å². The van der Waals surface area contributed by atoms with Gasteiger partial charge in [0.25, 0.3) is 0 Å². The molecule has 19 heavy (non-hydrogen) atoms. The predicted octanol–water partition coefficient (Wildman–Crippen LogP) is 3.93. The number of rotatable bonds is 2. The van der Waals surface area contributed by atoms with Gasteiger partial charge in [0.05, 0.1) is 11.2 Å². The summed E-state index contributed by atoms with van der Waals surface area (Å²) in [4.78, 5) is 0. The second-order valence-corrected chi connectivity index (χ2v) is 10.8. The lowest BCUT2D eigenvalue weighted by Gasteiger charge is -2.43. The van der Waals surface area contributed by atoms with Crippen molar-refractivity contribution < 1.29 is 13.9 Å². The molecule has 1 saturated heterocycles. The first kappa shape index (κ1) is 15.7. The third-order valence-corrected chi connectivity index (χ3v) is 7.18. The summed E-state index contributed by atoms with van der Waals surface area (Å²) in [6.07, 6.45) is 8.66. The van der Waals surface area contributed by atoms with E-state index in [1.807, 2.05) is 12.5 Å². The summed E-state index contributed by atoms with van der Waals surface area (Å²) < 4.78 is 22.9. The summed E-state index contributed by atoms with van der Waals surface area (Å²) in [7, 11) is -1.71. The van der Waals surface area contributed by atoms with Crippen LogP contribution in [-0.4, -0.2) is 40.6 Å². The molecule has 2 aliphatic rings. The van der Waals surface area contributed by atoms with Crippen LogP contribution in [0.15, 0.2) is 0 Å². The molecule has 0 radical (unpaired) electrons. The Morgan fingerprint density at radius 2 is 1.47 bits per heavy atom. The zero-order valence-electron chi connectivity index (χ0n) is 13.2.